The van der Waals surface area contributed by atoms with E-state index in [2.05, 4.69) is 15.6 Å². The number of piperidine rings is 1. The second-order valence-electron chi connectivity index (χ2n) is 16.3. The smallest absolute Gasteiger partial charge is 0.436 e. The fourth-order valence-corrected chi connectivity index (χ4v) is 9.23. The number of carbonyl (C=O) groups excluding carboxylic acids is 5. The summed E-state index contributed by atoms with van der Waals surface area (Å²) >= 11 is 0. The van der Waals surface area contributed by atoms with Crippen molar-refractivity contribution in [2.24, 2.45) is 34.6 Å². The predicted molar refractivity (Wildman–Crippen MR) is 197 cm³/mol. The van der Waals surface area contributed by atoms with Crippen molar-refractivity contribution in [3.8, 4) is 0 Å². The number of piperazine rings is 1. The van der Waals surface area contributed by atoms with E-state index in [0.29, 0.717) is 83.3 Å². The Morgan fingerprint density at radius 3 is 1.81 bits per heavy atom. The van der Waals surface area contributed by atoms with E-state index in [-0.39, 0.29) is 17.8 Å². The van der Waals surface area contributed by atoms with Gasteiger partial charge in [0.25, 0.3) is 0 Å². The molecule has 3 saturated carbocycles. The molecule has 6 aliphatic rings. The topological polar surface area (TPSA) is 159 Å². The van der Waals surface area contributed by atoms with Crippen molar-refractivity contribution >= 4 is 36.1 Å². The Morgan fingerprint density at radius 1 is 0.660 bits per heavy atom. The van der Waals surface area contributed by atoms with Gasteiger partial charge in [0.1, 0.15) is 0 Å². The van der Waals surface area contributed by atoms with Gasteiger partial charge >= 0.3 is 24.2 Å². The highest BCUT2D eigenvalue weighted by Gasteiger charge is 2.57. The van der Waals surface area contributed by atoms with Crippen molar-refractivity contribution < 1.29 is 38.2 Å². The van der Waals surface area contributed by atoms with Crippen molar-refractivity contribution in [2.75, 3.05) is 59.1 Å². The third-order valence-electron chi connectivity index (χ3n) is 12.4. The van der Waals surface area contributed by atoms with E-state index in [1.54, 1.807) is 4.90 Å². The molecule has 6 fully saturated rings. The third-order valence-corrected chi connectivity index (χ3v) is 12.4. The van der Waals surface area contributed by atoms with Crippen molar-refractivity contribution in [1.82, 2.24) is 25.3 Å². The van der Waals surface area contributed by atoms with E-state index in [4.69, 9.17) is 14.2 Å². The van der Waals surface area contributed by atoms with Gasteiger partial charge in [0, 0.05) is 39.3 Å². The fourth-order valence-electron chi connectivity index (χ4n) is 9.23. The van der Waals surface area contributed by atoms with Crippen molar-refractivity contribution in [2.45, 2.75) is 122 Å². The van der Waals surface area contributed by atoms with Crippen LogP contribution in [-0.4, -0.2) is 116 Å². The number of alkyl carbamates (subject to hydrolysis) is 1. The molecule has 0 aromatic carbocycles. The number of urea groups is 1. The maximum Gasteiger partial charge on any atom is 0.436 e. The minimum atomic E-state index is -0.973. The lowest BCUT2D eigenvalue weighted by atomic mass is 9.78. The fraction of sp³-hybridized carbons (Fsp3) is 0.846. The summed E-state index contributed by atoms with van der Waals surface area (Å²) in [4.78, 5) is 76.0. The number of guanidine groups is 1. The molecule has 0 radical (unpaired) electrons. The van der Waals surface area contributed by atoms with Gasteiger partial charge in [-0.2, -0.15) is 0 Å². The second-order valence-corrected chi connectivity index (χ2v) is 16.3. The monoisotopic (exact) mass is 742 g/mol. The maximum absolute atomic E-state index is 13.7. The molecule has 14 nitrogen and oxygen atoms in total. The number of hydrogen-bond acceptors (Lipinski definition) is 9. The van der Waals surface area contributed by atoms with E-state index in [0.717, 1.165) is 94.8 Å². The van der Waals surface area contributed by atoms with Gasteiger partial charge in [-0.05, 0) is 81.5 Å². The van der Waals surface area contributed by atoms with Gasteiger partial charge in [-0.15, -0.1) is 4.99 Å². The summed E-state index contributed by atoms with van der Waals surface area (Å²) in [6.07, 6.45) is 17.0. The Bertz CT molecular complexity index is 1290. The molecule has 2 N–H and O–H groups in total. The quantitative estimate of drug-likeness (QED) is 0.102. The molecule has 3 atom stereocenters. The number of amides is 5. The predicted octanol–water partition coefficient (Wildman–Crippen LogP) is 5.44. The van der Waals surface area contributed by atoms with Gasteiger partial charge in [-0.3, -0.25) is 10.1 Å². The van der Waals surface area contributed by atoms with Crippen LogP contribution in [0.3, 0.4) is 0 Å². The molecular weight excluding hydrogens is 680 g/mol. The van der Waals surface area contributed by atoms with E-state index in [1.165, 1.54) is 19.3 Å². The third kappa shape index (κ3) is 11.1. The number of carbonyl (C=O) groups is 5. The highest BCUT2D eigenvalue weighted by atomic mass is 16.6. The number of nitrogens with zero attached hydrogens (tertiary/aromatic N) is 4. The van der Waals surface area contributed by atoms with Crippen LogP contribution < -0.4 is 10.6 Å². The maximum atomic E-state index is 13.7. The summed E-state index contributed by atoms with van der Waals surface area (Å²) in [5.41, 5.74) is 0. The first kappa shape index (κ1) is 39.3. The lowest BCUT2D eigenvalue weighted by Gasteiger charge is -2.47. The zero-order chi connectivity index (χ0) is 37.0. The van der Waals surface area contributed by atoms with Gasteiger partial charge in [-0.25, -0.2) is 24.1 Å². The Morgan fingerprint density at radius 2 is 1.21 bits per heavy atom. The minimum Gasteiger partial charge on any atom is -0.464 e. The lowest BCUT2D eigenvalue weighted by molar-refractivity contribution is -0.172. The molecule has 0 aromatic heterocycles. The average Bonchev–Trinajstić information content (AvgIpc) is 3.20. The summed E-state index contributed by atoms with van der Waals surface area (Å²) in [7, 11) is 0. The molecule has 6 rings (SSSR count). The average molecular weight is 743 g/mol. The Kier molecular flexibility index (Phi) is 14.7. The first-order valence-electron chi connectivity index (χ1n) is 20.8. The molecule has 5 amide bonds. The van der Waals surface area contributed by atoms with E-state index in [9.17, 15) is 24.0 Å². The van der Waals surface area contributed by atoms with Gasteiger partial charge in [0.15, 0.2) is 6.04 Å². The zero-order valence-corrected chi connectivity index (χ0v) is 31.6. The standard InChI is InChI=1S/C39H62N6O8/c46-34-32(33(35(47)51-25-28-11-4-1-5-12-28)45(34)39(50)43-21-18-40-19-22-43)23-31-17-10-20-44(24-31)36(41-37(48)52-26-29-13-6-2-7-14-29)42-38(49)53-27-30-15-8-3-9-16-30/h28-33,40H,1-27H2,(H,41,42,48,49)/t31?,32-,33?/m1/s1. The number of esters is 1. The summed E-state index contributed by atoms with van der Waals surface area (Å²) in [5, 5.41) is 5.97. The van der Waals surface area contributed by atoms with Crippen LogP contribution in [0.4, 0.5) is 14.4 Å². The molecular formula is C39H62N6O8. The first-order valence-corrected chi connectivity index (χ1v) is 20.8. The Hall–Kier alpha value is -3.42. The molecule has 0 bridgehead atoms. The first-order chi connectivity index (χ1) is 25.9. The molecule has 296 valence electrons. The number of nitrogens with one attached hydrogen (secondary N) is 2. The lowest BCUT2D eigenvalue weighted by Crippen LogP contribution is -2.70. The summed E-state index contributed by atoms with van der Waals surface area (Å²) in [5.74, 6) is -0.590. The number of hydrogen-bond donors (Lipinski definition) is 2. The van der Waals surface area contributed by atoms with Gasteiger partial charge in [0.05, 0.1) is 25.7 Å². The number of imide groups is 1. The largest absolute Gasteiger partial charge is 0.464 e. The van der Waals surface area contributed by atoms with Crippen LogP contribution >= 0.6 is 0 Å². The van der Waals surface area contributed by atoms with Crippen molar-refractivity contribution in [3.63, 3.8) is 0 Å². The molecule has 2 unspecified atom stereocenters. The number of aliphatic imine (C=N–C) groups is 1. The van der Waals surface area contributed by atoms with Gasteiger partial charge in [-0.1, -0.05) is 57.8 Å². The molecule has 53 heavy (non-hydrogen) atoms. The second kappa shape index (κ2) is 19.8. The summed E-state index contributed by atoms with van der Waals surface area (Å²) < 4.78 is 17.0. The summed E-state index contributed by atoms with van der Waals surface area (Å²) in [6, 6.07) is -1.41. The Labute approximate surface area is 314 Å². The van der Waals surface area contributed by atoms with E-state index < -0.39 is 36.1 Å². The van der Waals surface area contributed by atoms with Crippen LogP contribution in [0, 0.1) is 29.6 Å². The molecule has 14 heteroatoms. The molecule has 3 heterocycles. The van der Waals surface area contributed by atoms with Crippen LogP contribution in [0.1, 0.15) is 116 Å². The SMILES string of the molecule is O=C(/N=C(\NC(=O)OCC1CCCCC1)N1CCCC(C[C@H]2C(=O)N(C(=O)N3CCNCC3)C2C(=O)OCC2CCCCC2)C1)OCC1CCCCC1. The van der Waals surface area contributed by atoms with Crippen LogP contribution in [-0.2, 0) is 23.8 Å². The number of ether oxygens (including phenoxy) is 3. The summed E-state index contributed by atoms with van der Waals surface area (Å²) in [6.45, 7) is 4.06. The molecule has 0 aromatic rings. The number of rotatable bonds is 9. The molecule has 3 aliphatic heterocycles. The molecule has 3 aliphatic carbocycles. The van der Waals surface area contributed by atoms with Crippen LogP contribution in [0.5, 0.6) is 0 Å². The van der Waals surface area contributed by atoms with Crippen molar-refractivity contribution in [1.29, 1.82) is 0 Å². The number of likely N-dealkylation sites (tertiary alicyclic amines) is 2. The molecule has 0 spiro atoms. The van der Waals surface area contributed by atoms with Crippen molar-refractivity contribution in [3.05, 3.63) is 0 Å². The van der Waals surface area contributed by atoms with Crippen LogP contribution in [0.2, 0.25) is 0 Å². The highest BCUT2D eigenvalue weighted by Crippen LogP contribution is 2.37. The van der Waals surface area contributed by atoms with Crippen LogP contribution in [0.15, 0.2) is 4.99 Å². The zero-order valence-electron chi connectivity index (χ0n) is 31.6. The van der Waals surface area contributed by atoms with Gasteiger partial charge in [0.2, 0.25) is 11.9 Å². The van der Waals surface area contributed by atoms with E-state index in [1.807, 2.05) is 4.90 Å². The van der Waals surface area contributed by atoms with Gasteiger partial charge < -0.3 is 29.3 Å². The highest BCUT2D eigenvalue weighted by molar-refractivity contribution is 6.08. The Balaban J connectivity index is 1.11. The number of β-lactam (4-membered cyclic amide) rings is 1. The molecule has 3 saturated heterocycles. The van der Waals surface area contributed by atoms with E-state index >= 15 is 0 Å². The minimum absolute atomic E-state index is 0.0636. The van der Waals surface area contributed by atoms with Crippen LogP contribution in [0.25, 0.3) is 0 Å². The normalized spacial score (nSPS) is 26.8.